The molecule has 0 bridgehead atoms. The van der Waals surface area contributed by atoms with E-state index in [1.54, 1.807) is 0 Å². The largest absolute Gasteiger partial charge is 0.342 e. The first kappa shape index (κ1) is 15.5. The minimum Gasteiger partial charge on any atom is -0.342 e. The number of carbonyl (C=O) groups excluding carboxylic acids is 1. The lowest BCUT2D eigenvalue weighted by atomic mass is 9.92. The van der Waals surface area contributed by atoms with Crippen LogP contribution < -0.4 is 5.32 Å². The Hall–Kier alpha value is -0.570. The number of hydrogen-bond acceptors (Lipinski definition) is 2. The normalized spacial score (nSPS) is 20.3. The molecule has 0 spiro atoms. The number of carbonyl (C=O) groups is 1. The first-order valence-corrected chi connectivity index (χ1v) is 7.27. The first-order valence-electron chi connectivity index (χ1n) is 7.27. The summed E-state index contributed by atoms with van der Waals surface area (Å²) >= 11 is 0. The fraction of sp³-hybridized carbons (Fsp3) is 0.933. The van der Waals surface area contributed by atoms with Gasteiger partial charge in [0.25, 0.3) is 0 Å². The van der Waals surface area contributed by atoms with Crippen LogP contribution in [0.3, 0.4) is 0 Å². The van der Waals surface area contributed by atoms with Crippen LogP contribution in [0, 0.1) is 11.3 Å². The predicted octanol–water partition coefficient (Wildman–Crippen LogP) is 2.66. The van der Waals surface area contributed by atoms with Crippen molar-refractivity contribution in [3.8, 4) is 0 Å². The SMILES string of the molecule is CC(C)C(C)NC1CCN(C(=O)C(C)(C)C)CC1. The molecule has 0 saturated carbocycles. The molecule has 1 fully saturated rings. The number of nitrogens with one attached hydrogen (secondary N) is 1. The number of piperidine rings is 1. The zero-order chi connectivity index (χ0) is 13.9. The average Bonchev–Trinajstić information content (AvgIpc) is 2.27. The number of likely N-dealkylation sites (tertiary alicyclic amines) is 1. The minimum atomic E-state index is -0.245. The third kappa shape index (κ3) is 4.27. The molecule has 106 valence electrons. The van der Waals surface area contributed by atoms with Crippen LogP contribution in [0.25, 0.3) is 0 Å². The van der Waals surface area contributed by atoms with Crippen molar-refractivity contribution in [2.45, 2.75) is 66.5 Å². The van der Waals surface area contributed by atoms with E-state index in [1.807, 2.05) is 25.7 Å². The summed E-state index contributed by atoms with van der Waals surface area (Å²) in [4.78, 5) is 14.2. The van der Waals surface area contributed by atoms with Gasteiger partial charge in [0.15, 0.2) is 0 Å². The number of rotatable bonds is 3. The molecular weight excluding hydrogens is 224 g/mol. The second-order valence-electron chi connectivity index (χ2n) is 7.02. The Kier molecular flexibility index (Phi) is 5.20. The highest BCUT2D eigenvalue weighted by Crippen LogP contribution is 2.21. The standard InChI is InChI=1S/C15H30N2O/c1-11(2)12(3)16-13-7-9-17(10-8-13)14(18)15(4,5)6/h11-13,16H,7-10H2,1-6H3. The summed E-state index contributed by atoms with van der Waals surface area (Å²) in [5.41, 5.74) is -0.245. The van der Waals surface area contributed by atoms with E-state index in [0.717, 1.165) is 25.9 Å². The fourth-order valence-electron chi connectivity index (χ4n) is 2.29. The molecule has 3 nitrogen and oxygen atoms in total. The number of nitrogens with zero attached hydrogens (tertiary/aromatic N) is 1. The van der Waals surface area contributed by atoms with Crippen LogP contribution in [-0.2, 0) is 4.79 Å². The molecule has 0 radical (unpaired) electrons. The van der Waals surface area contributed by atoms with Gasteiger partial charge in [0.05, 0.1) is 0 Å². The van der Waals surface area contributed by atoms with Gasteiger partial charge in [0, 0.05) is 30.6 Å². The molecule has 1 N–H and O–H groups in total. The van der Waals surface area contributed by atoms with Crippen molar-refractivity contribution in [1.29, 1.82) is 0 Å². The molecule has 1 aliphatic heterocycles. The zero-order valence-corrected chi connectivity index (χ0v) is 12.9. The quantitative estimate of drug-likeness (QED) is 0.840. The summed E-state index contributed by atoms with van der Waals surface area (Å²) < 4.78 is 0. The van der Waals surface area contributed by atoms with E-state index in [2.05, 4.69) is 26.1 Å². The summed E-state index contributed by atoms with van der Waals surface area (Å²) in [6.45, 7) is 14.5. The molecule has 3 heteroatoms. The van der Waals surface area contributed by atoms with Crippen LogP contribution in [0.15, 0.2) is 0 Å². The Bertz CT molecular complexity index is 273. The highest BCUT2D eigenvalue weighted by Gasteiger charge is 2.30. The van der Waals surface area contributed by atoms with Crippen molar-refractivity contribution < 1.29 is 4.79 Å². The van der Waals surface area contributed by atoms with Crippen molar-refractivity contribution in [2.75, 3.05) is 13.1 Å². The lowest BCUT2D eigenvalue weighted by Crippen LogP contribution is -2.50. The molecule has 1 aliphatic rings. The van der Waals surface area contributed by atoms with E-state index < -0.39 is 0 Å². The van der Waals surface area contributed by atoms with Gasteiger partial charge < -0.3 is 10.2 Å². The van der Waals surface area contributed by atoms with Gasteiger partial charge in [-0.2, -0.15) is 0 Å². The highest BCUT2D eigenvalue weighted by molar-refractivity contribution is 5.81. The van der Waals surface area contributed by atoms with Crippen LogP contribution >= 0.6 is 0 Å². The lowest BCUT2D eigenvalue weighted by molar-refractivity contribution is -0.140. The van der Waals surface area contributed by atoms with Crippen LogP contribution in [0.5, 0.6) is 0 Å². The lowest BCUT2D eigenvalue weighted by Gasteiger charge is -2.37. The van der Waals surface area contributed by atoms with Crippen LogP contribution in [0.1, 0.15) is 54.4 Å². The molecule has 0 aromatic heterocycles. The summed E-state index contributed by atoms with van der Waals surface area (Å²) in [6.07, 6.45) is 2.16. The van der Waals surface area contributed by atoms with E-state index >= 15 is 0 Å². The monoisotopic (exact) mass is 254 g/mol. The molecule has 0 aromatic rings. The Morgan fingerprint density at radius 2 is 1.67 bits per heavy atom. The van der Waals surface area contributed by atoms with Crippen molar-refractivity contribution >= 4 is 5.91 Å². The Morgan fingerprint density at radius 1 is 1.17 bits per heavy atom. The van der Waals surface area contributed by atoms with Gasteiger partial charge in [-0.15, -0.1) is 0 Å². The molecule has 1 atom stereocenters. The van der Waals surface area contributed by atoms with Gasteiger partial charge in [0.1, 0.15) is 0 Å². The van der Waals surface area contributed by atoms with Crippen LogP contribution in [0.2, 0.25) is 0 Å². The summed E-state index contributed by atoms with van der Waals surface area (Å²) in [7, 11) is 0. The summed E-state index contributed by atoms with van der Waals surface area (Å²) in [6, 6.07) is 1.13. The second kappa shape index (κ2) is 6.05. The topological polar surface area (TPSA) is 32.3 Å². The number of hydrogen-bond donors (Lipinski definition) is 1. The highest BCUT2D eigenvalue weighted by atomic mass is 16.2. The average molecular weight is 254 g/mol. The maximum atomic E-state index is 12.2. The third-order valence-corrected chi connectivity index (χ3v) is 3.92. The van der Waals surface area contributed by atoms with E-state index in [1.165, 1.54) is 0 Å². The predicted molar refractivity (Wildman–Crippen MR) is 76.5 cm³/mol. The molecule has 1 saturated heterocycles. The third-order valence-electron chi connectivity index (χ3n) is 3.92. The molecular formula is C15H30N2O. The van der Waals surface area contributed by atoms with Crippen LogP contribution in [-0.4, -0.2) is 36.0 Å². The van der Waals surface area contributed by atoms with E-state index in [4.69, 9.17) is 0 Å². The molecule has 0 aliphatic carbocycles. The molecule has 1 heterocycles. The van der Waals surface area contributed by atoms with Gasteiger partial charge in [-0.1, -0.05) is 34.6 Å². The maximum absolute atomic E-state index is 12.2. The smallest absolute Gasteiger partial charge is 0.227 e. The van der Waals surface area contributed by atoms with E-state index in [9.17, 15) is 4.79 Å². The Balaban J connectivity index is 2.40. The second-order valence-corrected chi connectivity index (χ2v) is 7.02. The molecule has 18 heavy (non-hydrogen) atoms. The van der Waals surface area contributed by atoms with Gasteiger partial charge in [-0.3, -0.25) is 4.79 Å². The van der Waals surface area contributed by atoms with Gasteiger partial charge >= 0.3 is 0 Å². The van der Waals surface area contributed by atoms with Gasteiger partial charge in [0.2, 0.25) is 5.91 Å². The van der Waals surface area contributed by atoms with Crippen molar-refractivity contribution in [3.63, 3.8) is 0 Å². The van der Waals surface area contributed by atoms with Crippen molar-refractivity contribution in [3.05, 3.63) is 0 Å². The van der Waals surface area contributed by atoms with E-state index in [-0.39, 0.29) is 11.3 Å². The maximum Gasteiger partial charge on any atom is 0.227 e. The van der Waals surface area contributed by atoms with Crippen molar-refractivity contribution in [1.82, 2.24) is 10.2 Å². The van der Waals surface area contributed by atoms with Gasteiger partial charge in [-0.05, 0) is 25.7 Å². The molecule has 1 amide bonds. The minimum absolute atomic E-state index is 0.245. The Labute approximate surface area is 112 Å². The van der Waals surface area contributed by atoms with Crippen LogP contribution in [0.4, 0.5) is 0 Å². The molecule has 1 unspecified atom stereocenters. The summed E-state index contributed by atoms with van der Waals surface area (Å²) in [5, 5.41) is 3.68. The summed E-state index contributed by atoms with van der Waals surface area (Å²) in [5.74, 6) is 0.956. The van der Waals surface area contributed by atoms with Gasteiger partial charge in [-0.25, -0.2) is 0 Å². The number of amides is 1. The molecule has 1 rings (SSSR count). The molecule has 0 aromatic carbocycles. The zero-order valence-electron chi connectivity index (χ0n) is 12.9. The fourth-order valence-corrected chi connectivity index (χ4v) is 2.29. The van der Waals surface area contributed by atoms with Crippen molar-refractivity contribution in [2.24, 2.45) is 11.3 Å². The Morgan fingerprint density at radius 3 is 2.06 bits per heavy atom. The first-order chi connectivity index (χ1) is 8.21. The van der Waals surface area contributed by atoms with E-state index in [0.29, 0.717) is 18.0 Å².